The minimum absolute atomic E-state index is 0.0383. The standard InChI is InChI=1S/C20H23NO2S2/c1-15-4-8-17(9-5-15)21(2)19(22)14-23-18-10-6-16(7-11-18)20-24-12-3-13-25-20/h4-11,20H,3,12-14H2,1-2H3. The highest BCUT2D eigenvalue weighted by Crippen LogP contribution is 2.43. The van der Waals surface area contributed by atoms with Gasteiger partial charge in [0.1, 0.15) is 5.75 Å². The molecular formula is C20H23NO2S2. The first-order valence-corrected chi connectivity index (χ1v) is 10.5. The number of thioether (sulfide) groups is 2. The van der Waals surface area contributed by atoms with Gasteiger partial charge in [-0.2, -0.15) is 0 Å². The number of likely N-dealkylation sites (N-methyl/N-ethyl adjacent to an activating group) is 1. The van der Waals surface area contributed by atoms with E-state index < -0.39 is 0 Å². The van der Waals surface area contributed by atoms with Gasteiger partial charge in [-0.25, -0.2) is 0 Å². The molecule has 1 fully saturated rings. The summed E-state index contributed by atoms with van der Waals surface area (Å²) in [6.45, 7) is 2.07. The van der Waals surface area contributed by atoms with Crippen molar-refractivity contribution >= 4 is 35.1 Å². The number of aryl methyl sites for hydroxylation is 1. The van der Waals surface area contributed by atoms with E-state index in [1.807, 2.05) is 66.8 Å². The lowest BCUT2D eigenvalue weighted by Gasteiger charge is -2.21. The summed E-state index contributed by atoms with van der Waals surface area (Å²) in [5, 5.41) is 0. The number of rotatable bonds is 5. The molecule has 2 aromatic rings. The summed E-state index contributed by atoms with van der Waals surface area (Å²) in [5.41, 5.74) is 3.38. The lowest BCUT2D eigenvalue weighted by Crippen LogP contribution is -2.31. The van der Waals surface area contributed by atoms with E-state index in [4.69, 9.17) is 4.74 Å². The van der Waals surface area contributed by atoms with Crippen molar-refractivity contribution < 1.29 is 9.53 Å². The van der Waals surface area contributed by atoms with Gasteiger partial charge in [-0.05, 0) is 54.7 Å². The number of benzene rings is 2. The van der Waals surface area contributed by atoms with Gasteiger partial charge in [0.05, 0.1) is 4.58 Å². The molecule has 3 nitrogen and oxygen atoms in total. The first-order valence-electron chi connectivity index (χ1n) is 8.43. The maximum atomic E-state index is 12.3. The molecule has 0 atom stereocenters. The van der Waals surface area contributed by atoms with E-state index in [0.717, 1.165) is 11.4 Å². The Labute approximate surface area is 158 Å². The van der Waals surface area contributed by atoms with Gasteiger partial charge in [0.15, 0.2) is 6.61 Å². The molecule has 0 N–H and O–H groups in total. The highest BCUT2D eigenvalue weighted by Gasteiger charge is 2.16. The lowest BCUT2D eigenvalue weighted by atomic mass is 10.2. The van der Waals surface area contributed by atoms with Crippen molar-refractivity contribution in [1.82, 2.24) is 0 Å². The predicted molar refractivity (Wildman–Crippen MR) is 109 cm³/mol. The largest absolute Gasteiger partial charge is 0.484 e. The van der Waals surface area contributed by atoms with Gasteiger partial charge in [-0.15, -0.1) is 23.5 Å². The van der Waals surface area contributed by atoms with Gasteiger partial charge in [0, 0.05) is 12.7 Å². The maximum absolute atomic E-state index is 12.3. The van der Waals surface area contributed by atoms with Gasteiger partial charge in [0.25, 0.3) is 5.91 Å². The van der Waals surface area contributed by atoms with Crippen LogP contribution in [0.3, 0.4) is 0 Å². The molecule has 132 valence electrons. The smallest absolute Gasteiger partial charge is 0.264 e. The molecule has 25 heavy (non-hydrogen) atoms. The molecule has 1 saturated heterocycles. The Hall–Kier alpha value is -1.59. The number of amides is 1. The normalized spacial score (nSPS) is 15.0. The third kappa shape index (κ3) is 4.95. The number of carbonyl (C=O) groups is 1. The summed E-state index contributed by atoms with van der Waals surface area (Å²) in [6, 6.07) is 16.0. The zero-order valence-corrected chi connectivity index (χ0v) is 16.2. The quantitative estimate of drug-likeness (QED) is 0.745. The van der Waals surface area contributed by atoms with Crippen LogP contribution in [0.2, 0.25) is 0 Å². The van der Waals surface area contributed by atoms with Gasteiger partial charge >= 0.3 is 0 Å². The van der Waals surface area contributed by atoms with E-state index in [2.05, 4.69) is 12.1 Å². The number of carbonyl (C=O) groups excluding carboxylic acids is 1. The number of ether oxygens (including phenoxy) is 1. The van der Waals surface area contributed by atoms with Crippen LogP contribution in [0.15, 0.2) is 48.5 Å². The van der Waals surface area contributed by atoms with Crippen LogP contribution < -0.4 is 9.64 Å². The van der Waals surface area contributed by atoms with Crippen molar-refractivity contribution in [1.29, 1.82) is 0 Å². The fourth-order valence-electron chi connectivity index (χ4n) is 2.56. The van der Waals surface area contributed by atoms with Crippen LogP contribution in [-0.2, 0) is 4.79 Å². The summed E-state index contributed by atoms with van der Waals surface area (Å²) < 4.78 is 6.20. The van der Waals surface area contributed by atoms with Crippen LogP contribution in [0.5, 0.6) is 5.75 Å². The zero-order valence-electron chi connectivity index (χ0n) is 14.6. The number of hydrogen-bond donors (Lipinski definition) is 0. The van der Waals surface area contributed by atoms with Crippen LogP contribution in [0, 0.1) is 6.92 Å². The fraction of sp³-hybridized carbons (Fsp3) is 0.350. The summed E-state index contributed by atoms with van der Waals surface area (Å²) >= 11 is 4.01. The Bertz CT molecular complexity index is 695. The van der Waals surface area contributed by atoms with Gasteiger partial charge in [-0.3, -0.25) is 4.79 Å². The fourth-order valence-corrected chi connectivity index (χ4v) is 5.45. The molecular weight excluding hydrogens is 350 g/mol. The summed E-state index contributed by atoms with van der Waals surface area (Å²) in [7, 11) is 1.77. The lowest BCUT2D eigenvalue weighted by molar-refractivity contribution is -0.120. The van der Waals surface area contributed by atoms with Crippen molar-refractivity contribution in [2.24, 2.45) is 0 Å². The first kappa shape index (κ1) is 18.2. The van der Waals surface area contributed by atoms with Gasteiger partial charge in [0.2, 0.25) is 0 Å². The molecule has 0 aliphatic carbocycles. The molecule has 1 amide bonds. The molecule has 2 aromatic carbocycles. The average molecular weight is 374 g/mol. The molecule has 0 saturated carbocycles. The van der Waals surface area contributed by atoms with Crippen LogP contribution in [0.4, 0.5) is 5.69 Å². The monoisotopic (exact) mass is 373 g/mol. The van der Waals surface area contributed by atoms with Crippen LogP contribution in [-0.4, -0.2) is 31.1 Å². The Morgan fingerprint density at radius 1 is 1.08 bits per heavy atom. The molecule has 5 heteroatoms. The topological polar surface area (TPSA) is 29.5 Å². The molecule has 0 unspecified atom stereocenters. The van der Waals surface area contributed by atoms with E-state index in [9.17, 15) is 4.79 Å². The van der Waals surface area contributed by atoms with Crippen LogP contribution in [0.25, 0.3) is 0 Å². The van der Waals surface area contributed by atoms with Crippen molar-refractivity contribution in [2.45, 2.75) is 17.9 Å². The second-order valence-electron chi connectivity index (χ2n) is 6.07. The molecule has 0 aromatic heterocycles. The molecule has 1 aliphatic heterocycles. The molecule has 1 aliphatic rings. The van der Waals surface area contributed by atoms with Crippen LogP contribution in [0.1, 0.15) is 22.1 Å². The Morgan fingerprint density at radius 3 is 2.36 bits per heavy atom. The average Bonchev–Trinajstić information content (AvgIpc) is 2.67. The van der Waals surface area contributed by atoms with E-state index >= 15 is 0 Å². The third-order valence-corrected chi connectivity index (χ3v) is 7.15. The van der Waals surface area contributed by atoms with Crippen molar-refractivity contribution in [3.05, 3.63) is 59.7 Å². The second kappa shape index (κ2) is 8.68. The number of anilines is 1. The Morgan fingerprint density at radius 2 is 1.72 bits per heavy atom. The summed E-state index contributed by atoms with van der Waals surface area (Å²) in [5.74, 6) is 3.14. The number of hydrogen-bond acceptors (Lipinski definition) is 4. The molecule has 0 bridgehead atoms. The molecule has 1 heterocycles. The van der Waals surface area contributed by atoms with E-state index in [1.165, 1.54) is 29.1 Å². The summed E-state index contributed by atoms with van der Waals surface area (Å²) in [6.07, 6.45) is 1.30. The van der Waals surface area contributed by atoms with E-state index in [0.29, 0.717) is 4.58 Å². The second-order valence-corrected chi connectivity index (χ2v) is 8.80. The van der Waals surface area contributed by atoms with Crippen molar-refractivity contribution in [3.8, 4) is 5.75 Å². The SMILES string of the molecule is Cc1ccc(N(C)C(=O)COc2ccc(C3SCCCS3)cc2)cc1. The predicted octanol–water partition coefficient (Wildman–Crippen LogP) is 4.91. The Kier molecular flexibility index (Phi) is 6.32. The zero-order chi connectivity index (χ0) is 17.6. The molecule has 0 radical (unpaired) electrons. The highest BCUT2D eigenvalue weighted by molar-refractivity contribution is 8.16. The van der Waals surface area contributed by atoms with Crippen LogP contribution >= 0.6 is 23.5 Å². The van der Waals surface area contributed by atoms with Crippen molar-refractivity contribution in [3.63, 3.8) is 0 Å². The molecule has 0 spiro atoms. The minimum atomic E-state index is -0.0636. The van der Waals surface area contributed by atoms with Gasteiger partial charge in [-0.1, -0.05) is 29.8 Å². The Balaban J connectivity index is 1.53. The van der Waals surface area contributed by atoms with Crippen molar-refractivity contribution in [2.75, 3.05) is 30.1 Å². The minimum Gasteiger partial charge on any atom is -0.484 e. The first-order chi connectivity index (χ1) is 12.1. The van der Waals surface area contributed by atoms with E-state index in [1.54, 1.807) is 11.9 Å². The highest BCUT2D eigenvalue weighted by atomic mass is 32.2. The third-order valence-electron chi connectivity index (χ3n) is 4.14. The summed E-state index contributed by atoms with van der Waals surface area (Å²) in [4.78, 5) is 13.9. The van der Waals surface area contributed by atoms with E-state index in [-0.39, 0.29) is 12.5 Å². The van der Waals surface area contributed by atoms with Gasteiger partial charge < -0.3 is 9.64 Å². The maximum Gasteiger partial charge on any atom is 0.264 e. The number of nitrogens with zero attached hydrogens (tertiary/aromatic N) is 1. The molecule has 3 rings (SSSR count).